The lowest BCUT2D eigenvalue weighted by molar-refractivity contribution is 0.0773. The Bertz CT molecular complexity index is 935. The zero-order chi connectivity index (χ0) is 19.4. The maximum Gasteiger partial charge on any atom is 0.254 e. The lowest BCUT2D eigenvalue weighted by atomic mass is 10.1. The second-order valence-electron chi connectivity index (χ2n) is 6.10. The van der Waals surface area contributed by atoms with Gasteiger partial charge in [0.2, 0.25) is 11.8 Å². The number of rotatable bonds is 6. The van der Waals surface area contributed by atoms with Gasteiger partial charge in [-0.3, -0.25) is 4.79 Å². The van der Waals surface area contributed by atoms with Crippen LogP contribution >= 0.6 is 0 Å². The summed E-state index contributed by atoms with van der Waals surface area (Å²) >= 11 is 0. The minimum Gasteiger partial charge on any atom is -0.493 e. The summed E-state index contributed by atoms with van der Waals surface area (Å²) in [5, 5.41) is 8.10. The smallest absolute Gasteiger partial charge is 0.254 e. The van der Waals surface area contributed by atoms with Gasteiger partial charge in [0.25, 0.3) is 5.91 Å². The fraction of sp³-hybridized carbons (Fsp3) is 0.250. The molecule has 0 aliphatic carbocycles. The summed E-state index contributed by atoms with van der Waals surface area (Å²) in [5.74, 6) is 1.77. The molecule has 27 heavy (non-hydrogen) atoms. The molecule has 1 heterocycles. The van der Waals surface area contributed by atoms with Crippen LogP contribution in [0.4, 0.5) is 0 Å². The first-order chi connectivity index (χ1) is 13.0. The van der Waals surface area contributed by atoms with Crippen LogP contribution in [0.15, 0.2) is 46.9 Å². The summed E-state index contributed by atoms with van der Waals surface area (Å²) in [5.41, 5.74) is 2.42. The van der Waals surface area contributed by atoms with Gasteiger partial charge in [-0.25, -0.2) is 0 Å². The van der Waals surface area contributed by atoms with Crippen LogP contribution in [-0.2, 0) is 6.54 Å². The number of carbonyl (C=O) groups is 1. The van der Waals surface area contributed by atoms with E-state index in [1.165, 1.54) is 4.90 Å². The molecule has 3 rings (SSSR count). The molecule has 0 aliphatic rings. The zero-order valence-corrected chi connectivity index (χ0v) is 15.7. The maximum absolute atomic E-state index is 12.5. The van der Waals surface area contributed by atoms with E-state index in [1.54, 1.807) is 51.6 Å². The van der Waals surface area contributed by atoms with E-state index in [0.717, 1.165) is 5.56 Å². The molecule has 0 saturated heterocycles. The number of aryl methyl sites for hydroxylation is 1. The van der Waals surface area contributed by atoms with Crippen LogP contribution in [0.1, 0.15) is 21.8 Å². The van der Waals surface area contributed by atoms with E-state index in [9.17, 15) is 4.79 Å². The largest absolute Gasteiger partial charge is 0.493 e. The molecule has 0 N–H and O–H groups in total. The first-order valence-corrected chi connectivity index (χ1v) is 8.38. The summed E-state index contributed by atoms with van der Waals surface area (Å²) in [6.07, 6.45) is 0. The molecule has 7 nitrogen and oxygen atoms in total. The highest BCUT2D eigenvalue weighted by atomic mass is 16.5. The van der Waals surface area contributed by atoms with Crippen LogP contribution in [0.25, 0.3) is 11.5 Å². The number of aromatic nitrogens is 2. The Kier molecular flexibility index (Phi) is 5.40. The number of methoxy groups -OCH3 is 2. The number of ether oxygens (including phenoxy) is 2. The van der Waals surface area contributed by atoms with Crippen molar-refractivity contribution in [2.75, 3.05) is 21.3 Å². The Hall–Kier alpha value is -3.35. The highest BCUT2D eigenvalue weighted by Crippen LogP contribution is 2.31. The van der Waals surface area contributed by atoms with Crippen LogP contribution in [0.5, 0.6) is 11.5 Å². The third-order valence-electron chi connectivity index (χ3n) is 4.11. The van der Waals surface area contributed by atoms with Crippen molar-refractivity contribution < 1.29 is 18.7 Å². The summed E-state index contributed by atoms with van der Waals surface area (Å²) in [6.45, 7) is 2.19. The molecule has 1 amide bonds. The van der Waals surface area contributed by atoms with Gasteiger partial charge in [-0.05, 0) is 37.3 Å². The number of nitrogens with zero attached hydrogens (tertiary/aromatic N) is 3. The second-order valence-corrected chi connectivity index (χ2v) is 6.10. The van der Waals surface area contributed by atoms with Crippen LogP contribution in [0.2, 0.25) is 0 Å². The SMILES string of the molecule is COc1ccc(-c2nnc(CN(C)C(=O)c3ccc(C)cc3)o2)cc1OC. The van der Waals surface area contributed by atoms with Crippen molar-refractivity contribution in [2.24, 2.45) is 0 Å². The monoisotopic (exact) mass is 367 g/mol. The Balaban J connectivity index is 1.74. The molecule has 0 radical (unpaired) electrons. The summed E-state index contributed by atoms with van der Waals surface area (Å²) in [7, 11) is 4.83. The zero-order valence-electron chi connectivity index (χ0n) is 15.7. The predicted octanol–water partition coefficient (Wildman–Crippen LogP) is 3.33. The Morgan fingerprint density at radius 3 is 2.41 bits per heavy atom. The fourth-order valence-electron chi connectivity index (χ4n) is 2.59. The van der Waals surface area contributed by atoms with E-state index in [-0.39, 0.29) is 12.5 Å². The molecule has 0 spiro atoms. The average molecular weight is 367 g/mol. The van der Waals surface area contributed by atoms with Crippen molar-refractivity contribution in [2.45, 2.75) is 13.5 Å². The van der Waals surface area contributed by atoms with Crippen LogP contribution in [0, 0.1) is 6.92 Å². The third kappa shape index (κ3) is 4.08. The van der Waals surface area contributed by atoms with Crippen molar-refractivity contribution in [3.63, 3.8) is 0 Å². The Labute approximate surface area is 157 Å². The first kappa shape index (κ1) is 18.4. The predicted molar refractivity (Wildman–Crippen MR) is 99.8 cm³/mol. The van der Waals surface area contributed by atoms with Gasteiger partial charge in [0.15, 0.2) is 11.5 Å². The van der Waals surface area contributed by atoms with Gasteiger partial charge < -0.3 is 18.8 Å². The first-order valence-electron chi connectivity index (χ1n) is 8.38. The van der Waals surface area contributed by atoms with Gasteiger partial charge in [0.1, 0.15) is 0 Å². The van der Waals surface area contributed by atoms with E-state index >= 15 is 0 Å². The van der Waals surface area contributed by atoms with Crippen LogP contribution < -0.4 is 9.47 Å². The minimum absolute atomic E-state index is 0.110. The molecular weight excluding hydrogens is 346 g/mol. The van der Waals surface area contributed by atoms with Gasteiger partial charge >= 0.3 is 0 Å². The van der Waals surface area contributed by atoms with Crippen LogP contribution in [0.3, 0.4) is 0 Å². The van der Waals surface area contributed by atoms with Crippen molar-refractivity contribution in [3.05, 3.63) is 59.5 Å². The molecule has 0 aliphatic heterocycles. The molecule has 0 atom stereocenters. The lowest BCUT2D eigenvalue weighted by Gasteiger charge is -2.14. The Morgan fingerprint density at radius 2 is 1.74 bits per heavy atom. The third-order valence-corrected chi connectivity index (χ3v) is 4.11. The molecule has 0 saturated carbocycles. The average Bonchev–Trinajstić information content (AvgIpc) is 3.15. The summed E-state index contributed by atoms with van der Waals surface area (Å²) < 4.78 is 16.2. The molecule has 7 heteroatoms. The molecule has 2 aromatic carbocycles. The molecule has 3 aromatic rings. The van der Waals surface area contributed by atoms with E-state index in [2.05, 4.69) is 10.2 Å². The van der Waals surface area contributed by atoms with E-state index in [0.29, 0.717) is 34.4 Å². The fourth-order valence-corrected chi connectivity index (χ4v) is 2.59. The van der Waals surface area contributed by atoms with Crippen molar-refractivity contribution in [3.8, 4) is 23.0 Å². The maximum atomic E-state index is 12.5. The number of carbonyl (C=O) groups excluding carboxylic acids is 1. The van der Waals surface area contributed by atoms with Gasteiger partial charge in [-0.15, -0.1) is 10.2 Å². The molecular formula is C20H21N3O4. The van der Waals surface area contributed by atoms with E-state index < -0.39 is 0 Å². The minimum atomic E-state index is -0.110. The number of amides is 1. The second kappa shape index (κ2) is 7.90. The van der Waals surface area contributed by atoms with Gasteiger partial charge in [-0.1, -0.05) is 17.7 Å². The van der Waals surface area contributed by atoms with Crippen molar-refractivity contribution in [1.29, 1.82) is 0 Å². The standard InChI is InChI=1S/C20H21N3O4/c1-13-5-7-14(8-6-13)20(24)23(2)12-18-21-22-19(27-18)15-9-10-16(25-3)17(11-15)26-4/h5-11H,12H2,1-4H3. The summed E-state index contributed by atoms with van der Waals surface area (Å²) in [6, 6.07) is 12.8. The van der Waals surface area contributed by atoms with Gasteiger partial charge in [0, 0.05) is 18.2 Å². The van der Waals surface area contributed by atoms with E-state index in [4.69, 9.17) is 13.9 Å². The summed E-state index contributed by atoms with van der Waals surface area (Å²) in [4.78, 5) is 14.0. The molecule has 0 fully saturated rings. The lowest BCUT2D eigenvalue weighted by Crippen LogP contribution is -2.26. The van der Waals surface area contributed by atoms with E-state index in [1.807, 2.05) is 19.1 Å². The number of hydrogen-bond acceptors (Lipinski definition) is 6. The molecule has 140 valence electrons. The van der Waals surface area contributed by atoms with Crippen molar-refractivity contribution >= 4 is 5.91 Å². The Morgan fingerprint density at radius 1 is 1.04 bits per heavy atom. The van der Waals surface area contributed by atoms with Crippen LogP contribution in [-0.4, -0.2) is 42.3 Å². The highest BCUT2D eigenvalue weighted by Gasteiger charge is 2.17. The molecule has 0 bridgehead atoms. The number of benzene rings is 2. The van der Waals surface area contributed by atoms with Gasteiger partial charge in [-0.2, -0.15) is 0 Å². The molecule has 1 aromatic heterocycles. The number of hydrogen-bond donors (Lipinski definition) is 0. The normalized spacial score (nSPS) is 10.5. The highest BCUT2D eigenvalue weighted by molar-refractivity contribution is 5.94. The topological polar surface area (TPSA) is 77.7 Å². The van der Waals surface area contributed by atoms with Gasteiger partial charge in [0.05, 0.1) is 20.8 Å². The van der Waals surface area contributed by atoms with Crippen molar-refractivity contribution in [1.82, 2.24) is 15.1 Å². The molecule has 0 unspecified atom stereocenters. The quantitative estimate of drug-likeness (QED) is 0.665.